The number of alkyl halides is 1. The van der Waals surface area contributed by atoms with Gasteiger partial charge in [0.2, 0.25) is 0 Å². The molecule has 0 unspecified atom stereocenters. The monoisotopic (exact) mass is 356 g/mol. The molecule has 118 valence electrons. The predicted octanol–water partition coefficient (Wildman–Crippen LogP) is 5.24. The van der Waals surface area contributed by atoms with E-state index in [4.69, 9.17) is 37.0 Å². The Bertz CT molecular complexity index is 626. The highest BCUT2D eigenvalue weighted by atomic mass is 35.5. The zero-order valence-corrected chi connectivity index (χ0v) is 15.0. The summed E-state index contributed by atoms with van der Waals surface area (Å²) in [4.78, 5) is 0. The van der Waals surface area contributed by atoms with Gasteiger partial charge in [-0.3, -0.25) is 4.52 Å². The molecule has 0 atom stereocenters. The van der Waals surface area contributed by atoms with E-state index in [9.17, 15) is 0 Å². The average Bonchev–Trinajstić information content (AvgIpc) is 2.50. The van der Waals surface area contributed by atoms with Crippen LogP contribution in [0.1, 0.15) is 11.1 Å². The summed E-state index contributed by atoms with van der Waals surface area (Å²) < 4.78 is 17.5. The van der Waals surface area contributed by atoms with Gasteiger partial charge in [0.25, 0.3) is 0 Å². The van der Waals surface area contributed by atoms with Crippen molar-refractivity contribution in [2.45, 2.75) is 13.8 Å². The van der Waals surface area contributed by atoms with Crippen molar-refractivity contribution in [3.05, 3.63) is 59.7 Å². The van der Waals surface area contributed by atoms with Crippen LogP contribution in [0.15, 0.2) is 48.5 Å². The molecule has 6 heteroatoms. The van der Waals surface area contributed by atoms with Gasteiger partial charge in [0, 0.05) is 17.7 Å². The lowest BCUT2D eigenvalue weighted by Crippen LogP contribution is -2.07. The van der Waals surface area contributed by atoms with Crippen LogP contribution in [0, 0.1) is 13.8 Å². The first-order valence-corrected chi connectivity index (χ1v) is 9.94. The molecule has 0 aromatic heterocycles. The van der Waals surface area contributed by atoms with Gasteiger partial charge in [-0.1, -0.05) is 36.4 Å². The van der Waals surface area contributed by atoms with Crippen molar-refractivity contribution >= 4 is 30.1 Å². The minimum absolute atomic E-state index is 0.274. The van der Waals surface area contributed by atoms with E-state index >= 15 is 0 Å². The van der Waals surface area contributed by atoms with Crippen LogP contribution in [0.3, 0.4) is 0 Å². The summed E-state index contributed by atoms with van der Waals surface area (Å²) >= 11 is 11.2. The number of para-hydroxylation sites is 2. The second-order valence-electron chi connectivity index (χ2n) is 4.68. The smallest absolute Gasteiger partial charge is 0.415 e. The zero-order chi connectivity index (χ0) is 16.0. The van der Waals surface area contributed by atoms with Crippen LogP contribution in [0.25, 0.3) is 0 Å². The minimum atomic E-state index is -2.98. The molecule has 22 heavy (non-hydrogen) atoms. The standard InChI is InChI=1S/C16H18ClO3PS/c1-13-7-3-5-9-15(13)19-21(22,18-12-11-17)20-16-10-6-4-8-14(16)2/h3-10H,11-12H2,1-2H3. The van der Waals surface area contributed by atoms with E-state index in [1.54, 1.807) is 0 Å². The quantitative estimate of drug-likeness (QED) is 0.501. The van der Waals surface area contributed by atoms with Crippen molar-refractivity contribution < 1.29 is 13.6 Å². The molecular weight excluding hydrogens is 339 g/mol. The molecule has 2 aromatic carbocycles. The number of hydrogen-bond donors (Lipinski definition) is 0. The van der Waals surface area contributed by atoms with Crippen molar-refractivity contribution in [1.29, 1.82) is 0 Å². The fraction of sp³-hybridized carbons (Fsp3) is 0.250. The number of halogens is 1. The summed E-state index contributed by atoms with van der Waals surface area (Å²) in [5, 5.41) is 0. The molecule has 0 saturated carbocycles. The lowest BCUT2D eigenvalue weighted by molar-refractivity contribution is 0.277. The van der Waals surface area contributed by atoms with Crippen LogP contribution in [-0.2, 0) is 16.3 Å². The van der Waals surface area contributed by atoms with E-state index in [0.29, 0.717) is 17.4 Å². The molecule has 0 bridgehead atoms. The second-order valence-corrected chi connectivity index (χ2v) is 7.92. The molecule has 0 spiro atoms. The number of hydrogen-bond acceptors (Lipinski definition) is 4. The highest BCUT2D eigenvalue weighted by Gasteiger charge is 2.25. The molecular formula is C16H18ClO3PS. The molecule has 2 rings (SSSR count). The van der Waals surface area contributed by atoms with Gasteiger partial charge < -0.3 is 9.05 Å². The van der Waals surface area contributed by atoms with Crippen LogP contribution in [0.5, 0.6) is 11.5 Å². The molecule has 0 aliphatic rings. The van der Waals surface area contributed by atoms with Crippen molar-refractivity contribution in [2.75, 3.05) is 12.5 Å². The van der Waals surface area contributed by atoms with Gasteiger partial charge in [0.1, 0.15) is 11.5 Å². The summed E-state index contributed by atoms with van der Waals surface area (Å²) in [7, 11) is 0. The average molecular weight is 357 g/mol. The fourth-order valence-corrected chi connectivity index (χ4v) is 4.02. The summed E-state index contributed by atoms with van der Waals surface area (Å²) in [5.74, 6) is 1.65. The van der Waals surface area contributed by atoms with E-state index in [0.717, 1.165) is 11.1 Å². The summed E-state index contributed by atoms with van der Waals surface area (Å²) in [6.07, 6.45) is 0. The number of rotatable bonds is 7. The Morgan fingerprint density at radius 3 is 1.77 bits per heavy atom. The molecule has 3 nitrogen and oxygen atoms in total. The maximum atomic E-state index is 5.92. The Morgan fingerprint density at radius 1 is 0.909 bits per heavy atom. The zero-order valence-electron chi connectivity index (χ0n) is 12.5. The van der Waals surface area contributed by atoms with E-state index < -0.39 is 6.72 Å². The van der Waals surface area contributed by atoms with E-state index in [-0.39, 0.29) is 6.61 Å². The maximum absolute atomic E-state index is 5.92. The number of benzene rings is 2. The van der Waals surface area contributed by atoms with Crippen LogP contribution in [-0.4, -0.2) is 12.5 Å². The minimum Gasteiger partial charge on any atom is -0.415 e. The second kappa shape index (κ2) is 7.98. The van der Waals surface area contributed by atoms with E-state index in [1.165, 1.54) is 0 Å². The van der Waals surface area contributed by atoms with Gasteiger partial charge in [0.05, 0.1) is 6.61 Å². The third-order valence-corrected chi connectivity index (χ3v) is 5.19. The Kier molecular flexibility index (Phi) is 6.27. The molecule has 0 aliphatic heterocycles. The fourth-order valence-electron chi connectivity index (χ4n) is 1.78. The molecule has 0 aliphatic carbocycles. The first kappa shape index (κ1) is 17.3. The van der Waals surface area contributed by atoms with Gasteiger partial charge in [-0.25, -0.2) is 0 Å². The molecule has 0 amide bonds. The molecule has 0 fully saturated rings. The van der Waals surface area contributed by atoms with Crippen LogP contribution in [0.4, 0.5) is 0 Å². The Hall–Kier alpha value is -1.06. The predicted molar refractivity (Wildman–Crippen MR) is 94.6 cm³/mol. The van der Waals surface area contributed by atoms with Crippen molar-refractivity contribution in [2.24, 2.45) is 0 Å². The normalized spacial score (nSPS) is 11.2. The van der Waals surface area contributed by atoms with Gasteiger partial charge in [0.15, 0.2) is 0 Å². The summed E-state index contributed by atoms with van der Waals surface area (Å²) in [5.41, 5.74) is 1.94. The van der Waals surface area contributed by atoms with Crippen LogP contribution in [0.2, 0.25) is 0 Å². The van der Waals surface area contributed by atoms with Crippen molar-refractivity contribution in [3.8, 4) is 11.5 Å². The first-order chi connectivity index (χ1) is 10.5. The lowest BCUT2D eigenvalue weighted by atomic mass is 10.2. The van der Waals surface area contributed by atoms with E-state index in [1.807, 2.05) is 62.4 Å². The Balaban J connectivity index is 2.26. The lowest BCUT2D eigenvalue weighted by Gasteiger charge is -2.24. The van der Waals surface area contributed by atoms with Crippen molar-refractivity contribution in [1.82, 2.24) is 0 Å². The molecule has 0 N–H and O–H groups in total. The molecule has 0 saturated heterocycles. The highest BCUT2D eigenvalue weighted by molar-refractivity contribution is 8.07. The SMILES string of the molecule is Cc1ccccc1OP(=S)(OCCCl)Oc1ccccc1C. The van der Waals surface area contributed by atoms with E-state index in [2.05, 4.69) is 0 Å². The highest BCUT2D eigenvalue weighted by Crippen LogP contribution is 2.51. The number of aryl methyl sites for hydroxylation is 2. The van der Waals surface area contributed by atoms with Gasteiger partial charge in [-0.05, 0) is 37.1 Å². The van der Waals surface area contributed by atoms with Gasteiger partial charge in [-0.2, -0.15) is 0 Å². The van der Waals surface area contributed by atoms with Gasteiger partial charge in [-0.15, -0.1) is 11.6 Å². The molecule has 2 aromatic rings. The third-order valence-electron chi connectivity index (χ3n) is 2.93. The molecule has 0 radical (unpaired) electrons. The van der Waals surface area contributed by atoms with Gasteiger partial charge >= 0.3 is 6.72 Å². The third kappa shape index (κ3) is 4.72. The Labute approximate surface area is 141 Å². The summed E-state index contributed by atoms with van der Waals surface area (Å²) in [6, 6.07) is 15.2. The van der Waals surface area contributed by atoms with Crippen LogP contribution < -0.4 is 9.05 Å². The largest absolute Gasteiger partial charge is 0.435 e. The summed E-state index contributed by atoms with van der Waals surface area (Å²) in [6.45, 7) is 1.19. The first-order valence-electron chi connectivity index (χ1n) is 6.85. The van der Waals surface area contributed by atoms with Crippen LogP contribution >= 0.6 is 18.3 Å². The van der Waals surface area contributed by atoms with Crippen molar-refractivity contribution in [3.63, 3.8) is 0 Å². The Morgan fingerprint density at radius 2 is 1.36 bits per heavy atom. The molecule has 0 heterocycles. The maximum Gasteiger partial charge on any atom is 0.435 e. The topological polar surface area (TPSA) is 27.7 Å².